The number of fused-ring (bicyclic) bond motifs is 1. The summed E-state index contributed by atoms with van der Waals surface area (Å²) in [6.45, 7) is 11.0. The topological polar surface area (TPSA) is 109 Å². The fourth-order valence-electron chi connectivity index (χ4n) is 3.81. The monoisotopic (exact) mass is 452 g/mol. The Hall–Kier alpha value is -3.66. The number of aromatic nitrogens is 2. The van der Waals surface area contributed by atoms with Gasteiger partial charge in [0.05, 0.1) is 38.6 Å². The summed E-state index contributed by atoms with van der Waals surface area (Å²) in [4.78, 5) is 37.4. The fourth-order valence-corrected chi connectivity index (χ4v) is 3.81. The number of rotatable bonds is 5. The number of nitrogens with zero attached hydrogens (tertiary/aromatic N) is 4. The molecule has 2 N–H and O–H groups in total. The summed E-state index contributed by atoms with van der Waals surface area (Å²) >= 11 is 0. The first-order chi connectivity index (χ1) is 16.0. The normalized spacial score (nSPS) is 15.3. The summed E-state index contributed by atoms with van der Waals surface area (Å²) < 4.78 is 10.7. The zero-order valence-corrected chi connectivity index (χ0v) is 18.9. The number of anilines is 2. The van der Waals surface area contributed by atoms with Crippen LogP contribution in [-0.4, -0.2) is 59.9 Å². The first-order valence-corrected chi connectivity index (χ1v) is 11.0. The van der Waals surface area contributed by atoms with Crippen molar-refractivity contribution in [3.63, 3.8) is 0 Å². The molecule has 0 spiro atoms. The fraction of sp³-hybridized carbons (Fsp3) is 0.391. The molecule has 10 nitrogen and oxygen atoms in total. The number of ether oxygens (including phenoxy) is 2. The Morgan fingerprint density at radius 2 is 1.97 bits per heavy atom. The van der Waals surface area contributed by atoms with Crippen LogP contribution >= 0.6 is 0 Å². The average Bonchev–Trinajstić information content (AvgIpc) is 3.24. The lowest BCUT2D eigenvalue weighted by atomic mass is 10.1. The summed E-state index contributed by atoms with van der Waals surface area (Å²) in [5.74, 6) is 1.28. The maximum atomic E-state index is 12.4. The van der Waals surface area contributed by atoms with Gasteiger partial charge in [0, 0.05) is 35.6 Å². The zero-order valence-electron chi connectivity index (χ0n) is 18.9. The Bertz CT molecular complexity index is 1060. The van der Waals surface area contributed by atoms with Crippen LogP contribution in [0.3, 0.4) is 0 Å². The Morgan fingerprint density at radius 1 is 1.18 bits per heavy atom. The van der Waals surface area contributed by atoms with Gasteiger partial charge in [-0.1, -0.05) is 6.58 Å². The molecule has 0 bridgehead atoms. The Balaban J connectivity index is 1.66. The highest BCUT2D eigenvalue weighted by Crippen LogP contribution is 2.34. The molecule has 1 aromatic carbocycles. The summed E-state index contributed by atoms with van der Waals surface area (Å²) in [6.07, 6.45) is -0.371. The number of amides is 3. The van der Waals surface area contributed by atoms with Gasteiger partial charge in [-0.2, -0.15) is 0 Å². The third-order valence-corrected chi connectivity index (χ3v) is 5.39. The highest BCUT2D eigenvalue weighted by atomic mass is 16.6. The first-order valence-electron chi connectivity index (χ1n) is 11.0. The highest BCUT2D eigenvalue weighted by molar-refractivity contribution is 5.89. The van der Waals surface area contributed by atoms with Gasteiger partial charge in [-0.25, -0.2) is 19.6 Å². The SMILES string of the molecule is C=C1COCCN1c1nc(-c2ccc(NC(=O)NCC)cc2)nc2c1CN(C(=O)OCC)C2. The molecule has 3 heterocycles. The van der Waals surface area contributed by atoms with E-state index in [4.69, 9.17) is 19.4 Å². The van der Waals surface area contributed by atoms with Gasteiger partial charge in [-0.05, 0) is 38.1 Å². The molecule has 1 saturated heterocycles. The Morgan fingerprint density at radius 3 is 2.67 bits per heavy atom. The standard InChI is InChI=1S/C23H28N6O4/c1-4-24-22(30)25-17-8-6-16(7-9-17)20-26-19-13-28(23(31)33-5-2)12-18(19)21(27-20)29-10-11-32-14-15(29)3/h6-9H,3-5,10-14H2,1-2H3,(H2,24,25,30). The number of nitrogens with one attached hydrogen (secondary N) is 2. The van der Waals surface area contributed by atoms with E-state index in [9.17, 15) is 9.59 Å². The summed E-state index contributed by atoms with van der Waals surface area (Å²) in [6, 6.07) is 7.07. The summed E-state index contributed by atoms with van der Waals surface area (Å²) in [5, 5.41) is 5.48. The smallest absolute Gasteiger partial charge is 0.410 e. The molecule has 2 aromatic rings. The van der Waals surface area contributed by atoms with Crippen molar-refractivity contribution < 1.29 is 19.1 Å². The van der Waals surface area contributed by atoms with Crippen molar-refractivity contribution in [1.29, 1.82) is 0 Å². The van der Waals surface area contributed by atoms with Crippen molar-refractivity contribution in [1.82, 2.24) is 20.2 Å². The third-order valence-electron chi connectivity index (χ3n) is 5.39. The van der Waals surface area contributed by atoms with Crippen LogP contribution in [0.25, 0.3) is 11.4 Å². The second kappa shape index (κ2) is 9.86. The molecule has 174 valence electrons. The quantitative estimate of drug-likeness (QED) is 0.717. The van der Waals surface area contributed by atoms with Crippen molar-refractivity contribution in [2.75, 3.05) is 43.1 Å². The van der Waals surface area contributed by atoms with Crippen molar-refractivity contribution in [3.05, 3.63) is 47.8 Å². The Kier molecular flexibility index (Phi) is 6.74. The van der Waals surface area contributed by atoms with E-state index < -0.39 is 0 Å². The number of hydrogen-bond donors (Lipinski definition) is 2. The molecule has 0 unspecified atom stereocenters. The largest absolute Gasteiger partial charge is 0.450 e. The van der Waals surface area contributed by atoms with Crippen LogP contribution in [0.2, 0.25) is 0 Å². The minimum atomic E-state index is -0.371. The second-order valence-corrected chi connectivity index (χ2v) is 7.68. The summed E-state index contributed by atoms with van der Waals surface area (Å²) in [5.41, 5.74) is 3.95. The van der Waals surface area contributed by atoms with E-state index in [-0.39, 0.29) is 12.1 Å². The van der Waals surface area contributed by atoms with Gasteiger partial charge in [0.25, 0.3) is 0 Å². The zero-order chi connectivity index (χ0) is 23.4. The van der Waals surface area contributed by atoms with Crippen LogP contribution in [0.5, 0.6) is 0 Å². The highest BCUT2D eigenvalue weighted by Gasteiger charge is 2.32. The van der Waals surface area contributed by atoms with Gasteiger partial charge in [-0.3, -0.25) is 4.90 Å². The van der Waals surface area contributed by atoms with E-state index in [1.54, 1.807) is 24.0 Å². The number of morpholine rings is 1. The molecule has 10 heteroatoms. The lowest BCUT2D eigenvalue weighted by Crippen LogP contribution is -2.35. The molecule has 0 atom stereocenters. The van der Waals surface area contributed by atoms with Crippen LogP contribution in [0.4, 0.5) is 21.1 Å². The Labute approximate surface area is 192 Å². The van der Waals surface area contributed by atoms with Gasteiger partial charge in [0.15, 0.2) is 5.82 Å². The predicted molar refractivity (Wildman–Crippen MR) is 124 cm³/mol. The molecule has 1 aromatic heterocycles. The number of carbonyl (C=O) groups excluding carboxylic acids is 2. The van der Waals surface area contributed by atoms with E-state index in [0.717, 1.165) is 28.3 Å². The lowest BCUT2D eigenvalue weighted by molar-refractivity contribution is 0.106. The van der Waals surface area contributed by atoms with Crippen molar-refractivity contribution in [2.24, 2.45) is 0 Å². The molecule has 33 heavy (non-hydrogen) atoms. The molecule has 0 aliphatic carbocycles. The van der Waals surface area contributed by atoms with E-state index in [2.05, 4.69) is 17.2 Å². The van der Waals surface area contributed by atoms with Gasteiger partial charge in [-0.15, -0.1) is 0 Å². The van der Waals surface area contributed by atoms with Gasteiger partial charge >= 0.3 is 12.1 Å². The van der Waals surface area contributed by atoms with E-state index in [0.29, 0.717) is 57.5 Å². The first kappa shape index (κ1) is 22.5. The van der Waals surface area contributed by atoms with Gasteiger partial charge in [0.1, 0.15) is 5.82 Å². The maximum Gasteiger partial charge on any atom is 0.410 e. The molecule has 1 fully saturated rings. The van der Waals surface area contributed by atoms with Crippen molar-refractivity contribution in [3.8, 4) is 11.4 Å². The van der Waals surface area contributed by atoms with Crippen LogP contribution < -0.4 is 15.5 Å². The molecule has 2 aliphatic rings. The maximum absolute atomic E-state index is 12.4. The van der Waals surface area contributed by atoms with Crippen LogP contribution in [0.1, 0.15) is 25.1 Å². The van der Waals surface area contributed by atoms with Gasteiger partial charge < -0.3 is 25.0 Å². The molecule has 0 radical (unpaired) electrons. The lowest BCUT2D eigenvalue weighted by Gasteiger charge is -2.31. The number of hydrogen-bond acceptors (Lipinski definition) is 7. The van der Waals surface area contributed by atoms with Gasteiger partial charge in [0.2, 0.25) is 0 Å². The van der Waals surface area contributed by atoms with Crippen LogP contribution in [-0.2, 0) is 22.6 Å². The number of benzene rings is 1. The van der Waals surface area contributed by atoms with E-state index in [1.165, 1.54) is 0 Å². The average molecular weight is 453 g/mol. The van der Waals surface area contributed by atoms with Crippen LogP contribution in [0, 0.1) is 0 Å². The molecule has 0 saturated carbocycles. The predicted octanol–water partition coefficient (Wildman–Crippen LogP) is 3.11. The molecule has 4 rings (SSSR count). The molecule has 3 amide bonds. The molecular weight excluding hydrogens is 424 g/mol. The second-order valence-electron chi connectivity index (χ2n) is 7.68. The third kappa shape index (κ3) is 4.90. The number of carbonyl (C=O) groups is 2. The van der Waals surface area contributed by atoms with Crippen molar-refractivity contribution >= 4 is 23.6 Å². The van der Waals surface area contributed by atoms with Crippen LogP contribution in [0.15, 0.2) is 36.5 Å². The summed E-state index contributed by atoms with van der Waals surface area (Å²) in [7, 11) is 0. The van der Waals surface area contributed by atoms with E-state index >= 15 is 0 Å². The minimum absolute atomic E-state index is 0.258. The minimum Gasteiger partial charge on any atom is -0.450 e. The van der Waals surface area contributed by atoms with E-state index in [1.807, 2.05) is 24.0 Å². The molecule has 2 aliphatic heterocycles. The number of urea groups is 1. The molecular formula is C23H28N6O4. The van der Waals surface area contributed by atoms with Crippen molar-refractivity contribution in [2.45, 2.75) is 26.9 Å².